The summed E-state index contributed by atoms with van der Waals surface area (Å²) >= 11 is 0. The molecule has 4 heteroatoms. The van der Waals surface area contributed by atoms with E-state index in [1.54, 1.807) is 0 Å². The van der Waals surface area contributed by atoms with Crippen LogP contribution in [0.2, 0.25) is 0 Å². The van der Waals surface area contributed by atoms with Gasteiger partial charge in [0.25, 0.3) is 0 Å². The second-order valence-electron chi connectivity index (χ2n) is 5.12. The Hall–Kier alpha value is -0.160. The fourth-order valence-corrected chi connectivity index (χ4v) is 2.65. The first-order valence-electron chi connectivity index (χ1n) is 7.03. The van der Waals surface area contributed by atoms with E-state index in [4.69, 9.17) is 9.47 Å². The van der Waals surface area contributed by atoms with Crippen LogP contribution in [0, 0.1) is 0 Å². The van der Waals surface area contributed by atoms with Crippen molar-refractivity contribution in [2.24, 2.45) is 0 Å². The molecule has 1 N–H and O–H groups in total. The summed E-state index contributed by atoms with van der Waals surface area (Å²) in [5.74, 6) is 0. The lowest BCUT2D eigenvalue weighted by Gasteiger charge is -2.36. The first-order valence-corrected chi connectivity index (χ1v) is 7.03. The van der Waals surface area contributed by atoms with Gasteiger partial charge in [-0.25, -0.2) is 0 Å². The molecular weight excluding hydrogens is 216 g/mol. The van der Waals surface area contributed by atoms with Gasteiger partial charge in [0.2, 0.25) is 0 Å². The number of piperidine rings is 1. The van der Waals surface area contributed by atoms with Gasteiger partial charge in [-0.3, -0.25) is 4.90 Å². The molecule has 2 aliphatic rings. The highest BCUT2D eigenvalue weighted by atomic mass is 16.5. The molecule has 2 heterocycles. The number of nitrogens with one attached hydrogen (secondary N) is 1. The van der Waals surface area contributed by atoms with Crippen LogP contribution in [0.5, 0.6) is 0 Å². The molecule has 0 saturated carbocycles. The SMILES string of the molecule is CCCOC1CCCN(CC2COCCN2)C1. The Morgan fingerprint density at radius 2 is 2.41 bits per heavy atom. The van der Waals surface area contributed by atoms with Crippen molar-refractivity contribution in [1.82, 2.24) is 10.2 Å². The number of hydrogen-bond donors (Lipinski definition) is 1. The van der Waals surface area contributed by atoms with Crippen LogP contribution >= 0.6 is 0 Å². The van der Waals surface area contributed by atoms with Crippen LogP contribution in [0.1, 0.15) is 26.2 Å². The van der Waals surface area contributed by atoms with E-state index in [9.17, 15) is 0 Å². The van der Waals surface area contributed by atoms with Gasteiger partial charge in [0.15, 0.2) is 0 Å². The molecule has 2 unspecified atom stereocenters. The molecule has 2 atom stereocenters. The zero-order valence-electron chi connectivity index (χ0n) is 11.0. The molecule has 2 rings (SSSR count). The van der Waals surface area contributed by atoms with E-state index in [2.05, 4.69) is 17.1 Å². The maximum absolute atomic E-state index is 5.86. The van der Waals surface area contributed by atoms with E-state index in [1.807, 2.05) is 0 Å². The molecule has 0 aromatic rings. The van der Waals surface area contributed by atoms with Gasteiger partial charge >= 0.3 is 0 Å². The van der Waals surface area contributed by atoms with Crippen molar-refractivity contribution in [3.05, 3.63) is 0 Å². The second kappa shape index (κ2) is 7.31. The summed E-state index contributed by atoms with van der Waals surface area (Å²) in [6.45, 7) is 9.20. The minimum absolute atomic E-state index is 0.452. The summed E-state index contributed by atoms with van der Waals surface area (Å²) < 4.78 is 11.4. The molecule has 0 aliphatic carbocycles. The Labute approximate surface area is 105 Å². The third kappa shape index (κ3) is 4.54. The molecule has 2 aliphatic heterocycles. The van der Waals surface area contributed by atoms with Crippen molar-refractivity contribution in [3.63, 3.8) is 0 Å². The highest BCUT2D eigenvalue weighted by Gasteiger charge is 2.23. The number of ether oxygens (including phenoxy) is 2. The van der Waals surface area contributed by atoms with Crippen molar-refractivity contribution in [2.75, 3.05) is 46.0 Å². The fourth-order valence-electron chi connectivity index (χ4n) is 2.65. The molecule has 17 heavy (non-hydrogen) atoms. The van der Waals surface area contributed by atoms with Crippen LogP contribution in [0.15, 0.2) is 0 Å². The molecule has 0 radical (unpaired) electrons. The van der Waals surface area contributed by atoms with Gasteiger partial charge in [0.1, 0.15) is 0 Å². The largest absolute Gasteiger partial charge is 0.378 e. The lowest BCUT2D eigenvalue weighted by Crippen LogP contribution is -2.51. The van der Waals surface area contributed by atoms with Crippen LogP contribution < -0.4 is 5.32 Å². The number of nitrogens with zero attached hydrogens (tertiary/aromatic N) is 1. The maximum Gasteiger partial charge on any atom is 0.0702 e. The lowest BCUT2D eigenvalue weighted by molar-refractivity contribution is -0.00971. The third-order valence-electron chi connectivity index (χ3n) is 3.50. The molecule has 0 spiro atoms. The zero-order chi connectivity index (χ0) is 11.9. The van der Waals surface area contributed by atoms with Gasteiger partial charge in [-0.15, -0.1) is 0 Å². The van der Waals surface area contributed by atoms with Gasteiger partial charge in [0, 0.05) is 32.3 Å². The minimum atomic E-state index is 0.452. The van der Waals surface area contributed by atoms with Crippen molar-refractivity contribution >= 4 is 0 Å². The van der Waals surface area contributed by atoms with Crippen LogP contribution in [-0.4, -0.2) is 63.0 Å². The monoisotopic (exact) mass is 242 g/mol. The van der Waals surface area contributed by atoms with E-state index < -0.39 is 0 Å². The Kier molecular flexibility index (Phi) is 5.71. The minimum Gasteiger partial charge on any atom is -0.378 e. The molecule has 0 amide bonds. The van der Waals surface area contributed by atoms with Crippen LogP contribution in [0.4, 0.5) is 0 Å². The molecule has 0 aromatic heterocycles. The van der Waals surface area contributed by atoms with Crippen molar-refractivity contribution in [3.8, 4) is 0 Å². The first kappa shape index (κ1) is 13.3. The Bertz CT molecular complexity index is 208. The summed E-state index contributed by atoms with van der Waals surface area (Å²) in [5.41, 5.74) is 0. The highest BCUT2D eigenvalue weighted by molar-refractivity contribution is 4.79. The van der Waals surface area contributed by atoms with Gasteiger partial charge in [0.05, 0.1) is 19.3 Å². The van der Waals surface area contributed by atoms with E-state index in [1.165, 1.54) is 19.4 Å². The standard InChI is InChI=1S/C13H26N2O2/c1-2-7-17-13-4-3-6-15(10-13)9-12-11-16-8-5-14-12/h12-14H,2-11H2,1H3. The van der Waals surface area contributed by atoms with E-state index in [0.29, 0.717) is 12.1 Å². The molecular formula is C13H26N2O2. The summed E-state index contributed by atoms with van der Waals surface area (Å²) in [7, 11) is 0. The predicted octanol–water partition coefficient (Wildman–Crippen LogP) is 0.866. The average molecular weight is 242 g/mol. The van der Waals surface area contributed by atoms with Crippen LogP contribution in [0.25, 0.3) is 0 Å². The number of hydrogen-bond acceptors (Lipinski definition) is 4. The summed E-state index contributed by atoms with van der Waals surface area (Å²) in [6, 6.07) is 0.508. The van der Waals surface area contributed by atoms with Gasteiger partial charge in [-0.2, -0.15) is 0 Å². The molecule has 2 saturated heterocycles. The predicted molar refractivity (Wildman–Crippen MR) is 68.3 cm³/mol. The fraction of sp³-hybridized carbons (Fsp3) is 1.00. The lowest BCUT2D eigenvalue weighted by atomic mass is 10.1. The number of likely N-dealkylation sites (tertiary alicyclic amines) is 1. The molecule has 2 fully saturated rings. The molecule has 0 aromatic carbocycles. The summed E-state index contributed by atoms with van der Waals surface area (Å²) in [6.07, 6.45) is 4.06. The van der Waals surface area contributed by atoms with Gasteiger partial charge in [-0.1, -0.05) is 6.92 Å². The Morgan fingerprint density at radius 1 is 1.47 bits per heavy atom. The zero-order valence-corrected chi connectivity index (χ0v) is 11.0. The normalized spacial score (nSPS) is 31.6. The van der Waals surface area contributed by atoms with Crippen molar-refractivity contribution in [2.45, 2.75) is 38.3 Å². The van der Waals surface area contributed by atoms with E-state index >= 15 is 0 Å². The maximum atomic E-state index is 5.86. The Balaban J connectivity index is 1.68. The summed E-state index contributed by atoms with van der Waals surface area (Å²) in [4.78, 5) is 2.52. The molecule has 4 nitrogen and oxygen atoms in total. The average Bonchev–Trinajstić information content (AvgIpc) is 2.38. The first-order chi connectivity index (χ1) is 8.38. The summed E-state index contributed by atoms with van der Waals surface area (Å²) in [5, 5.41) is 3.52. The van der Waals surface area contributed by atoms with Gasteiger partial charge < -0.3 is 14.8 Å². The van der Waals surface area contributed by atoms with Crippen LogP contribution in [-0.2, 0) is 9.47 Å². The van der Waals surface area contributed by atoms with E-state index in [0.717, 1.165) is 45.9 Å². The number of rotatable bonds is 5. The van der Waals surface area contributed by atoms with Gasteiger partial charge in [-0.05, 0) is 25.8 Å². The third-order valence-corrected chi connectivity index (χ3v) is 3.50. The van der Waals surface area contributed by atoms with Crippen LogP contribution in [0.3, 0.4) is 0 Å². The van der Waals surface area contributed by atoms with Crippen molar-refractivity contribution < 1.29 is 9.47 Å². The number of morpholine rings is 1. The van der Waals surface area contributed by atoms with E-state index in [-0.39, 0.29) is 0 Å². The molecule has 0 bridgehead atoms. The molecule has 100 valence electrons. The van der Waals surface area contributed by atoms with Crippen molar-refractivity contribution in [1.29, 1.82) is 0 Å². The smallest absolute Gasteiger partial charge is 0.0702 e. The quantitative estimate of drug-likeness (QED) is 0.775. The topological polar surface area (TPSA) is 33.7 Å². The highest BCUT2D eigenvalue weighted by Crippen LogP contribution is 2.14. The Morgan fingerprint density at radius 3 is 3.18 bits per heavy atom. The second-order valence-corrected chi connectivity index (χ2v) is 5.12.